The maximum atomic E-state index is 11.8. The molecule has 1 N–H and O–H groups in total. The van der Waals surface area contributed by atoms with Crippen LogP contribution in [0, 0.1) is 6.92 Å². The summed E-state index contributed by atoms with van der Waals surface area (Å²) in [7, 11) is 1.61. The first-order valence-electron chi connectivity index (χ1n) is 5.96. The number of morpholine rings is 1. The summed E-state index contributed by atoms with van der Waals surface area (Å²) in [5.41, 5.74) is 0.0422. The van der Waals surface area contributed by atoms with E-state index in [4.69, 9.17) is 4.74 Å². The number of likely N-dealkylation sites (N-methyl/N-ethyl adjacent to an activating group) is 1. The number of nitrogens with one attached hydrogen (secondary N) is 1. The maximum absolute atomic E-state index is 11.8. The van der Waals surface area contributed by atoms with E-state index in [1.165, 1.54) is 0 Å². The molecule has 1 aliphatic heterocycles. The van der Waals surface area contributed by atoms with Crippen molar-refractivity contribution < 1.29 is 9.53 Å². The Hall–Kier alpha value is -1.69. The molecule has 0 saturated carbocycles. The van der Waals surface area contributed by atoms with E-state index in [1.807, 2.05) is 24.0 Å². The van der Waals surface area contributed by atoms with Gasteiger partial charge in [-0.05, 0) is 26.0 Å². The van der Waals surface area contributed by atoms with Crippen LogP contribution in [0.5, 0.6) is 0 Å². The molecule has 1 aliphatic rings. The first-order chi connectivity index (χ1) is 8.55. The van der Waals surface area contributed by atoms with Crippen molar-refractivity contribution in [3.8, 4) is 0 Å². The van der Waals surface area contributed by atoms with E-state index in [0.29, 0.717) is 19.7 Å². The van der Waals surface area contributed by atoms with E-state index in [0.717, 1.165) is 11.5 Å². The fourth-order valence-electron chi connectivity index (χ4n) is 2.03. The van der Waals surface area contributed by atoms with Crippen LogP contribution in [0.3, 0.4) is 0 Å². The van der Waals surface area contributed by atoms with Gasteiger partial charge in [-0.1, -0.05) is 0 Å². The van der Waals surface area contributed by atoms with Crippen molar-refractivity contribution in [2.75, 3.05) is 31.6 Å². The van der Waals surface area contributed by atoms with Crippen molar-refractivity contribution in [3.63, 3.8) is 0 Å². The van der Waals surface area contributed by atoms with Crippen LogP contribution in [0.15, 0.2) is 12.1 Å². The number of ether oxygens (including phenoxy) is 1. The molecule has 1 aromatic heterocycles. The molecule has 6 nitrogen and oxygen atoms in total. The molecular weight excluding hydrogens is 232 g/mol. The largest absolute Gasteiger partial charge is 0.362 e. The summed E-state index contributed by atoms with van der Waals surface area (Å²) in [6.45, 7) is 5.37. The number of hydrogen-bond donors (Lipinski definition) is 1. The number of anilines is 1. The Bertz CT molecular complexity index is 434. The van der Waals surface area contributed by atoms with Gasteiger partial charge < -0.3 is 15.0 Å². The molecule has 2 heterocycles. The molecule has 1 unspecified atom stereocenters. The van der Waals surface area contributed by atoms with Gasteiger partial charge in [0.25, 0.3) is 5.91 Å². The molecule has 1 fully saturated rings. The molecule has 1 atom stereocenters. The molecule has 6 heteroatoms. The summed E-state index contributed by atoms with van der Waals surface area (Å²) in [5, 5.41) is 10.8. The lowest BCUT2D eigenvalue weighted by atomic mass is 10.0. The van der Waals surface area contributed by atoms with E-state index >= 15 is 0 Å². The first kappa shape index (κ1) is 12.8. The minimum atomic E-state index is -0.834. The Morgan fingerprint density at radius 2 is 2.28 bits per heavy atom. The Morgan fingerprint density at radius 3 is 2.89 bits per heavy atom. The summed E-state index contributed by atoms with van der Waals surface area (Å²) < 4.78 is 5.59. The standard InChI is InChI=1S/C12H18N4O2/c1-9-4-5-10(15-14-9)16-6-7-18-12(2,8-16)11(17)13-3/h4-5H,6-8H2,1-3H3,(H,13,17). The molecule has 1 amide bonds. The van der Waals surface area contributed by atoms with E-state index in [1.54, 1.807) is 14.0 Å². The predicted molar refractivity (Wildman–Crippen MR) is 67.4 cm³/mol. The lowest BCUT2D eigenvalue weighted by molar-refractivity contribution is -0.145. The average Bonchev–Trinajstić information content (AvgIpc) is 2.38. The Balaban J connectivity index is 2.16. The van der Waals surface area contributed by atoms with Crippen LogP contribution in [-0.4, -0.2) is 48.4 Å². The highest BCUT2D eigenvalue weighted by Crippen LogP contribution is 2.21. The number of hydrogen-bond acceptors (Lipinski definition) is 5. The summed E-state index contributed by atoms with van der Waals surface area (Å²) >= 11 is 0. The second-order valence-corrected chi connectivity index (χ2v) is 4.61. The number of aromatic nitrogens is 2. The fourth-order valence-corrected chi connectivity index (χ4v) is 2.03. The van der Waals surface area contributed by atoms with Gasteiger partial charge in [0, 0.05) is 13.6 Å². The van der Waals surface area contributed by atoms with E-state index in [-0.39, 0.29) is 5.91 Å². The van der Waals surface area contributed by atoms with Gasteiger partial charge in [-0.2, -0.15) is 5.10 Å². The van der Waals surface area contributed by atoms with Crippen molar-refractivity contribution in [2.24, 2.45) is 0 Å². The van der Waals surface area contributed by atoms with Gasteiger partial charge in [-0.25, -0.2) is 0 Å². The number of rotatable bonds is 2. The highest BCUT2D eigenvalue weighted by molar-refractivity contribution is 5.85. The molecule has 18 heavy (non-hydrogen) atoms. The van der Waals surface area contributed by atoms with Crippen LogP contribution >= 0.6 is 0 Å². The monoisotopic (exact) mass is 250 g/mol. The van der Waals surface area contributed by atoms with Gasteiger partial charge in [0.1, 0.15) is 0 Å². The minimum absolute atomic E-state index is 0.118. The predicted octanol–water partition coefficient (Wildman–Crippen LogP) is 0.126. The lowest BCUT2D eigenvalue weighted by Gasteiger charge is -2.39. The highest BCUT2D eigenvalue weighted by Gasteiger charge is 2.39. The summed E-state index contributed by atoms with van der Waals surface area (Å²) in [6.07, 6.45) is 0. The summed E-state index contributed by atoms with van der Waals surface area (Å²) in [5.74, 6) is 0.659. The lowest BCUT2D eigenvalue weighted by Crippen LogP contribution is -2.58. The number of carbonyl (C=O) groups is 1. The van der Waals surface area contributed by atoms with Crippen molar-refractivity contribution in [1.82, 2.24) is 15.5 Å². The van der Waals surface area contributed by atoms with E-state index < -0.39 is 5.60 Å². The number of aryl methyl sites for hydroxylation is 1. The smallest absolute Gasteiger partial charge is 0.253 e. The number of amides is 1. The zero-order valence-corrected chi connectivity index (χ0v) is 10.9. The Kier molecular flexibility index (Phi) is 3.47. The third-order valence-corrected chi connectivity index (χ3v) is 3.09. The SMILES string of the molecule is CNC(=O)C1(C)CN(c2ccc(C)nn2)CCO1. The van der Waals surface area contributed by atoms with Crippen LogP contribution in [0.1, 0.15) is 12.6 Å². The second-order valence-electron chi connectivity index (χ2n) is 4.61. The fraction of sp³-hybridized carbons (Fsp3) is 0.583. The molecule has 2 rings (SSSR count). The minimum Gasteiger partial charge on any atom is -0.362 e. The van der Waals surface area contributed by atoms with Gasteiger partial charge >= 0.3 is 0 Å². The van der Waals surface area contributed by atoms with Crippen LogP contribution in [0.4, 0.5) is 5.82 Å². The van der Waals surface area contributed by atoms with Gasteiger partial charge in [-0.15, -0.1) is 5.10 Å². The van der Waals surface area contributed by atoms with Crippen molar-refractivity contribution in [1.29, 1.82) is 0 Å². The Labute approximate surface area is 106 Å². The Morgan fingerprint density at radius 1 is 1.50 bits per heavy atom. The molecule has 0 radical (unpaired) electrons. The quantitative estimate of drug-likeness (QED) is 0.808. The zero-order chi connectivity index (χ0) is 13.2. The highest BCUT2D eigenvalue weighted by atomic mass is 16.5. The topological polar surface area (TPSA) is 67.4 Å². The molecular formula is C12H18N4O2. The van der Waals surface area contributed by atoms with Crippen molar-refractivity contribution in [2.45, 2.75) is 19.4 Å². The van der Waals surface area contributed by atoms with E-state index in [9.17, 15) is 4.79 Å². The average molecular weight is 250 g/mol. The third kappa shape index (κ3) is 2.43. The molecule has 0 bridgehead atoms. The van der Waals surface area contributed by atoms with Crippen LogP contribution < -0.4 is 10.2 Å². The van der Waals surface area contributed by atoms with Crippen LogP contribution in [-0.2, 0) is 9.53 Å². The van der Waals surface area contributed by atoms with Crippen molar-refractivity contribution in [3.05, 3.63) is 17.8 Å². The summed E-state index contributed by atoms with van der Waals surface area (Å²) in [6, 6.07) is 3.83. The number of carbonyl (C=O) groups excluding carboxylic acids is 1. The van der Waals surface area contributed by atoms with Gasteiger partial charge in [0.05, 0.1) is 18.8 Å². The van der Waals surface area contributed by atoms with E-state index in [2.05, 4.69) is 15.5 Å². The van der Waals surface area contributed by atoms with Crippen LogP contribution in [0.2, 0.25) is 0 Å². The first-order valence-corrected chi connectivity index (χ1v) is 5.96. The zero-order valence-electron chi connectivity index (χ0n) is 10.9. The van der Waals surface area contributed by atoms with Crippen molar-refractivity contribution >= 4 is 11.7 Å². The molecule has 0 aliphatic carbocycles. The maximum Gasteiger partial charge on any atom is 0.253 e. The van der Waals surface area contributed by atoms with Crippen LogP contribution in [0.25, 0.3) is 0 Å². The molecule has 1 aromatic rings. The van der Waals surface area contributed by atoms with Gasteiger partial charge in [0.2, 0.25) is 0 Å². The molecule has 0 spiro atoms. The normalized spacial score (nSPS) is 23.8. The molecule has 1 saturated heterocycles. The van der Waals surface area contributed by atoms with Gasteiger partial charge in [0.15, 0.2) is 11.4 Å². The van der Waals surface area contributed by atoms with Gasteiger partial charge in [-0.3, -0.25) is 4.79 Å². The third-order valence-electron chi connectivity index (χ3n) is 3.09. The number of nitrogens with zero attached hydrogens (tertiary/aromatic N) is 3. The molecule has 0 aromatic carbocycles. The summed E-state index contributed by atoms with van der Waals surface area (Å²) in [4.78, 5) is 13.8. The second kappa shape index (κ2) is 4.89. The molecule has 98 valence electrons.